The molecule has 18 nitrogen and oxygen atoms in total. The van der Waals surface area contributed by atoms with E-state index in [0.29, 0.717) is 0 Å². The van der Waals surface area contributed by atoms with Crippen LogP contribution >= 0.6 is 0 Å². The summed E-state index contributed by atoms with van der Waals surface area (Å²) in [5.41, 5.74) is 0. The molecule has 0 aromatic carbocycles. The lowest BCUT2D eigenvalue weighted by Gasteiger charge is -2.49. The molecule has 2 heterocycles. The summed E-state index contributed by atoms with van der Waals surface area (Å²) in [7, 11) is 1.22. The van der Waals surface area contributed by atoms with Crippen molar-refractivity contribution in [3.63, 3.8) is 0 Å². The first kappa shape index (κ1) is 38.3. The summed E-state index contributed by atoms with van der Waals surface area (Å²) in [5.74, 6) is -5.77. The van der Waals surface area contributed by atoms with Crippen LogP contribution in [0.15, 0.2) is 0 Å². The zero-order valence-electron chi connectivity index (χ0n) is 26.9. The van der Waals surface area contributed by atoms with E-state index in [1.807, 2.05) is 0 Å². The molecule has 0 aromatic heterocycles. The third-order valence-corrected chi connectivity index (χ3v) is 6.42. The number of ether oxygens (including phenoxy) is 11. The number of carbonyl (C=O) groups is 7. The van der Waals surface area contributed by atoms with Gasteiger partial charge >= 0.3 is 41.8 Å². The highest BCUT2D eigenvalue weighted by molar-refractivity contribution is 5.69. The molecule has 0 saturated carbocycles. The monoisotopic (exact) mass is 664 g/mol. The minimum atomic E-state index is -1.77. The molecule has 0 bridgehead atoms. The van der Waals surface area contributed by atoms with Gasteiger partial charge in [-0.15, -0.1) is 0 Å². The zero-order valence-corrected chi connectivity index (χ0v) is 26.9. The standard InChI is InChI=1S/C28H40O18/c1-11(38-13(3)30)20-22(39-14(4)31)24(41-16(6)33)26(43-18(8)35)28(45-20)46-21-19(10-37-12(2)29)44-27(36-9)25(42-17(7)34)23(21)40-15(5)32/h11,19-28H,10H2,1-9H3/t11-,19+,20+,21-,22-,23-,24-,25+,26+,27-,28-/m0/s1. The van der Waals surface area contributed by atoms with E-state index in [4.69, 9.17) is 52.1 Å². The van der Waals surface area contributed by atoms with Crippen molar-refractivity contribution in [2.75, 3.05) is 13.7 Å². The lowest BCUT2D eigenvalue weighted by Crippen LogP contribution is -2.68. The van der Waals surface area contributed by atoms with Crippen molar-refractivity contribution in [1.29, 1.82) is 0 Å². The van der Waals surface area contributed by atoms with Gasteiger partial charge in [-0.25, -0.2) is 0 Å². The first-order valence-corrected chi connectivity index (χ1v) is 14.1. The van der Waals surface area contributed by atoms with Crippen LogP contribution in [0.3, 0.4) is 0 Å². The molecule has 2 aliphatic heterocycles. The third-order valence-electron chi connectivity index (χ3n) is 6.42. The molecule has 0 radical (unpaired) electrons. The maximum atomic E-state index is 12.3. The third kappa shape index (κ3) is 10.9. The van der Waals surface area contributed by atoms with Crippen LogP contribution in [0, 0.1) is 0 Å². The Morgan fingerprint density at radius 2 is 0.978 bits per heavy atom. The smallest absolute Gasteiger partial charge is 0.303 e. The van der Waals surface area contributed by atoms with Crippen LogP contribution in [0.4, 0.5) is 0 Å². The normalized spacial score (nSPS) is 31.3. The van der Waals surface area contributed by atoms with Gasteiger partial charge in [0.15, 0.2) is 43.1 Å². The first-order chi connectivity index (χ1) is 21.4. The van der Waals surface area contributed by atoms with Crippen molar-refractivity contribution in [1.82, 2.24) is 0 Å². The van der Waals surface area contributed by atoms with E-state index < -0.39 is 116 Å². The van der Waals surface area contributed by atoms with Crippen LogP contribution in [-0.2, 0) is 85.7 Å². The Balaban J connectivity index is 2.74. The van der Waals surface area contributed by atoms with Gasteiger partial charge in [-0.2, -0.15) is 0 Å². The van der Waals surface area contributed by atoms with Crippen molar-refractivity contribution in [2.45, 2.75) is 123 Å². The SMILES string of the molecule is CO[C@H]1O[C@H](COC(C)=O)[C@H](O[C@@H]2O[C@H]([C@H](C)OC(C)=O)[C@H](OC(C)=O)[C@H](OC(C)=O)[C@H]2OC(C)=O)[C@H](OC(C)=O)[C@H]1OC(C)=O. The van der Waals surface area contributed by atoms with Gasteiger partial charge in [-0.3, -0.25) is 33.6 Å². The van der Waals surface area contributed by atoms with Crippen LogP contribution in [-0.4, -0.2) is 123 Å². The molecule has 0 N–H and O–H groups in total. The summed E-state index contributed by atoms with van der Waals surface area (Å²) in [4.78, 5) is 84.6. The Morgan fingerprint density at radius 1 is 0.543 bits per heavy atom. The molecule has 0 amide bonds. The average molecular weight is 665 g/mol. The highest BCUT2D eigenvalue weighted by Gasteiger charge is 2.58. The van der Waals surface area contributed by atoms with Crippen LogP contribution in [0.25, 0.3) is 0 Å². The van der Waals surface area contributed by atoms with Crippen molar-refractivity contribution in [3.05, 3.63) is 0 Å². The van der Waals surface area contributed by atoms with E-state index in [1.165, 1.54) is 14.0 Å². The van der Waals surface area contributed by atoms with Gasteiger partial charge in [-0.1, -0.05) is 0 Å². The highest BCUT2D eigenvalue weighted by Crippen LogP contribution is 2.36. The van der Waals surface area contributed by atoms with Crippen LogP contribution in [0.2, 0.25) is 0 Å². The predicted molar refractivity (Wildman–Crippen MR) is 145 cm³/mol. The second kappa shape index (κ2) is 17.2. The topological polar surface area (TPSA) is 221 Å². The van der Waals surface area contributed by atoms with Gasteiger partial charge in [-0.05, 0) is 6.92 Å². The lowest BCUT2D eigenvalue weighted by molar-refractivity contribution is -0.362. The molecule has 46 heavy (non-hydrogen) atoms. The van der Waals surface area contributed by atoms with Crippen molar-refractivity contribution < 1.29 is 85.7 Å². The predicted octanol–water partition coefficient (Wildman–Crippen LogP) is -0.359. The maximum Gasteiger partial charge on any atom is 0.303 e. The van der Waals surface area contributed by atoms with E-state index in [9.17, 15) is 33.6 Å². The van der Waals surface area contributed by atoms with Gasteiger partial charge in [0, 0.05) is 55.6 Å². The highest BCUT2D eigenvalue weighted by atomic mass is 16.8. The molecule has 2 saturated heterocycles. The molecule has 0 spiro atoms. The fourth-order valence-corrected chi connectivity index (χ4v) is 4.98. The molecule has 2 fully saturated rings. The molecule has 0 aliphatic carbocycles. The Labute approximate surface area is 264 Å². The summed E-state index contributed by atoms with van der Waals surface area (Å²) in [6, 6.07) is 0. The maximum absolute atomic E-state index is 12.3. The van der Waals surface area contributed by atoms with Gasteiger partial charge in [0.1, 0.15) is 31.0 Å². The summed E-state index contributed by atoms with van der Waals surface area (Å²) >= 11 is 0. The van der Waals surface area contributed by atoms with Gasteiger partial charge in [0.2, 0.25) is 0 Å². The van der Waals surface area contributed by atoms with Gasteiger partial charge in [0.05, 0.1) is 0 Å². The fraction of sp³-hybridized carbons (Fsp3) is 0.750. The van der Waals surface area contributed by atoms with Gasteiger partial charge < -0.3 is 52.1 Å². The first-order valence-electron chi connectivity index (χ1n) is 14.1. The second-order valence-electron chi connectivity index (χ2n) is 10.3. The van der Waals surface area contributed by atoms with E-state index in [-0.39, 0.29) is 0 Å². The van der Waals surface area contributed by atoms with E-state index >= 15 is 0 Å². The number of methoxy groups -OCH3 is 1. The van der Waals surface area contributed by atoms with E-state index in [1.54, 1.807) is 0 Å². The van der Waals surface area contributed by atoms with Crippen molar-refractivity contribution >= 4 is 41.8 Å². The van der Waals surface area contributed by atoms with Crippen LogP contribution in [0.1, 0.15) is 55.4 Å². The minimum Gasteiger partial charge on any atom is -0.463 e. The zero-order chi connectivity index (χ0) is 34.9. The van der Waals surface area contributed by atoms with E-state index in [2.05, 4.69) is 0 Å². The molecule has 0 unspecified atom stereocenters. The Kier molecular flexibility index (Phi) is 14.3. The molecular formula is C28H40O18. The Bertz CT molecular complexity index is 1140. The van der Waals surface area contributed by atoms with Crippen LogP contribution in [0.5, 0.6) is 0 Å². The summed E-state index contributed by atoms with van der Waals surface area (Å²) in [5, 5.41) is 0. The van der Waals surface area contributed by atoms with Crippen LogP contribution < -0.4 is 0 Å². The van der Waals surface area contributed by atoms with Crippen molar-refractivity contribution in [2.24, 2.45) is 0 Å². The molecule has 2 aliphatic rings. The number of esters is 7. The lowest BCUT2D eigenvalue weighted by atomic mass is 9.94. The molecule has 0 aromatic rings. The number of rotatable bonds is 12. The second-order valence-corrected chi connectivity index (χ2v) is 10.3. The van der Waals surface area contributed by atoms with Gasteiger partial charge in [0.25, 0.3) is 0 Å². The van der Waals surface area contributed by atoms with E-state index in [0.717, 1.165) is 48.5 Å². The average Bonchev–Trinajstić information content (AvgIpc) is 2.90. The van der Waals surface area contributed by atoms with Crippen molar-refractivity contribution in [3.8, 4) is 0 Å². The molecule has 18 heteroatoms. The molecular weight excluding hydrogens is 624 g/mol. The largest absolute Gasteiger partial charge is 0.463 e. The fourth-order valence-electron chi connectivity index (χ4n) is 4.98. The Morgan fingerprint density at radius 3 is 1.41 bits per heavy atom. The molecule has 11 atom stereocenters. The minimum absolute atomic E-state index is 0.508. The molecule has 260 valence electrons. The molecule has 2 rings (SSSR count). The summed E-state index contributed by atoms with van der Waals surface area (Å²) in [6.07, 6.45) is -16.3. The summed E-state index contributed by atoms with van der Waals surface area (Å²) < 4.78 is 61.2. The quantitative estimate of drug-likeness (QED) is 0.192. The number of hydrogen-bond donors (Lipinski definition) is 0. The number of hydrogen-bond acceptors (Lipinski definition) is 18. The number of carbonyl (C=O) groups excluding carboxylic acids is 7. The summed E-state index contributed by atoms with van der Waals surface area (Å²) in [6.45, 7) is 8.41. The Hall–Kier alpha value is -3.87.